The second-order valence-electron chi connectivity index (χ2n) is 7.52. The number of esters is 1. The van der Waals surface area contributed by atoms with Crippen molar-refractivity contribution in [3.05, 3.63) is 35.6 Å². The number of rotatable bonds is 6. The lowest BCUT2D eigenvalue weighted by Crippen LogP contribution is -2.45. The summed E-state index contributed by atoms with van der Waals surface area (Å²) < 4.78 is 18.1. The van der Waals surface area contributed by atoms with Crippen LogP contribution < -0.4 is 10.6 Å². The molecule has 2 fully saturated rings. The molecule has 1 aliphatic heterocycles. The molecule has 0 unspecified atom stereocenters. The van der Waals surface area contributed by atoms with Crippen molar-refractivity contribution in [2.75, 3.05) is 6.54 Å². The van der Waals surface area contributed by atoms with Gasteiger partial charge in [-0.3, -0.25) is 19.3 Å². The Labute approximate surface area is 167 Å². The van der Waals surface area contributed by atoms with E-state index in [0.29, 0.717) is 18.4 Å². The number of carbonyl (C=O) groups excluding carboxylic acids is 4. The predicted octanol–water partition coefficient (Wildman–Crippen LogP) is 1.80. The molecule has 0 radical (unpaired) electrons. The molecule has 29 heavy (non-hydrogen) atoms. The van der Waals surface area contributed by atoms with Gasteiger partial charge in [-0.1, -0.05) is 25.0 Å². The van der Waals surface area contributed by atoms with Gasteiger partial charge in [-0.15, -0.1) is 0 Å². The fourth-order valence-corrected chi connectivity index (χ4v) is 3.72. The summed E-state index contributed by atoms with van der Waals surface area (Å²) in [5, 5.41) is 5.36. The largest absolute Gasteiger partial charge is 0.451 e. The monoisotopic (exact) mass is 405 g/mol. The Bertz CT molecular complexity index is 820. The maximum atomic E-state index is 13.0. The molecule has 3 rings (SSSR count). The zero-order chi connectivity index (χ0) is 21.2. The van der Waals surface area contributed by atoms with Crippen LogP contribution in [-0.2, 0) is 19.1 Å². The smallest absolute Gasteiger partial charge is 0.327 e. The van der Waals surface area contributed by atoms with Gasteiger partial charge in [0, 0.05) is 0 Å². The number of hydrogen-bond donors (Lipinski definition) is 2. The summed E-state index contributed by atoms with van der Waals surface area (Å²) in [6.07, 6.45) is 1.68. The van der Waals surface area contributed by atoms with Crippen LogP contribution in [0.1, 0.15) is 51.1 Å². The number of carbonyl (C=O) groups is 4. The quantitative estimate of drug-likeness (QED) is 0.555. The maximum Gasteiger partial charge on any atom is 0.327 e. The third kappa shape index (κ3) is 4.38. The highest BCUT2D eigenvalue weighted by Gasteiger charge is 2.52. The van der Waals surface area contributed by atoms with Crippen molar-refractivity contribution < 1.29 is 28.3 Å². The molecule has 9 heteroatoms. The molecule has 2 atom stereocenters. The summed E-state index contributed by atoms with van der Waals surface area (Å²) in [5.74, 6) is -2.19. The first-order valence-corrected chi connectivity index (χ1v) is 9.61. The van der Waals surface area contributed by atoms with Gasteiger partial charge in [0.1, 0.15) is 17.9 Å². The summed E-state index contributed by atoms with van der Waals surface area (Å²) in [6.45, 7) is 2.57. The summed E-state index contributed by atoms with van der Waals surface area (Å²) >= 11 is 0. The van der Waals surface area contributed by atoms with Crippen molar-refractivity contribution in [3.63, 3.8) is 0 Å². The fraction of sp³-hybridized carbons (Fsp3) is 0.500. The second kappa shape index (κ2) is 8.18. The van der Waals surface area contributed by atoms with E-state index in [9.17, 15) is 23.6 Å². The van der Waals surface area contributed by atoms with E-state index in [0.717, 1.165) is 17.7 Å². The molecule has 2 aliphatic rings. The standard InChI is InChI=1S/C20H24FN3O5/c1-12(14-5-7-15(21)8-6-14)22-17(26)13(2)29-16(25)11-24-18(27)20(23-19(24)28)9-3-4-10-20/h5-8,12-13H,3-4,9-11H2,1-2H3,(H,22,26)(H,23,28)/t12-,13-/m1/s1. The van der Waals surface area contributed by atoms with Crippen molar-refractivity contribution >= 4 is 23.8 Å². The van der Waals surface area contributed by atoms with Crippen LogP contribution >= 0.6 is 0 Å². The minimum Gasteiger partial charge on any atom is -0.451 e. The second-order valence-corrected chi connectivity index (χ2v) is 7.52. The molecule has 0 aromatic heterocycles. The van der Waals surface area contributed by atoms with Crippen LogP contribution in [0.5, 0.6) is 0 Å². The van der Waals surface area contributed by atoms with Crippen molar-refractivity contribution in [2.24, 2.45) is 0 Å². The van der Waals surface area contributed by atoms with E-state index in [4.69, 9.17) is 4.74 Å². The summed E-state index contributed by atoms with van der Waals surface area (Å²) in [7, 11) is 0. The first-order chi connectivity index (χ1) is 13.7. The van der Waals surface area contributed by atoms with Gasteiger partial charge in [0.15, 0.2) is 6.10 Å². The van der Waals surface area contributed by atoms with Crippen molar-refractivity contribution in [1.29, 1.82) is 0 Å². The van der Waals surface area contributed by atoms with Gasteiger partial charge in [-0.25, -0.2) is 9.18 Å². The van der Waals surface area contributed by atoms with Crippen LogP contribution in [0.25, 0.3) is 0 Å². The van der Waals surface area contributed by atoms with Crippen molar-refractivity contribution in [2.45, 2.75) is 57.2 Å². The van der Waals surface area contributed by atoms with E-state index in [1.165, 1.54) is 19.1 Å². The Morgan fingerprint density at radius 3 is 2.45 bits per heavy atom. The maximum absolute atomic E-state index is 13.0. The lowest BCUT2D eigenvalue weighted by molar-refractivity contribution is -0.156. The van der Waals surface area contributed by atoms with E-state index in [-0.39, 0.29) is 5.82 Å². The topological polar surface area (TPSA) is 105 Å². The van der Waals surface area contributed by atoms with E-state index >= 15 is 0 Å². The summed E-state index contributed by atoms with van der Waals surface area (Å²) in [6, 6.07) is 4.64. The molecule has 1 saturated heterocycles. The zero-order valence-corrected chi connectivity index (χ0v) is 16.4. The van der Waals surface area contributed by atoms with Crippen LogP contribution in [0.4, 0.5) is 9.18 Å². The molecule has 1 aliphatic carbocycles. The molecule has 1 aromatic rings. The van der Waals surface area contributed by atoms with Crippen LogP contribution in [0.15, 0.2) is 24.3 Å². The first-order valence-electron chi connectivity index (χ1n) is 9.61. The highest BCUT2D eigenvalue weighted by Crippen LogP contribution is 2.34. The van der Waals surface area contributed by atoms with Gasteiger partial charge in [0.05, 0.1) is 6.04 Å². The molecule has 156 valence electrons. The van der Waals surface area contributed by atoms with Gasteiger partial charge in [-0.05, 0) is 44.4 Å². The highest BCUT2D eigenvalue weighted by molar-refractivity contribution is 6.08. The average molecular weight is 405 g/mol. The predicted molar refractivity (Wildman–Crippen MR) is 100.0 cm³/mol. The van der Waals surface area contributed by atoms with Crippen LogP contribution in [0.2, 0.25) is 0 Å². The number of amides is 4. The van der Waals surface area contributed by atoms with Gasteiger partial charge >= 0.3 is 12.0 Å². The molecule has 4 amide bonds. The fourth-order valence-electron chi connectivity index (χ4n) is 3.72. The number of imide groups is 1. The minimum atomic E-state index is -1.12. The highest BCUT2D eigenvalue weighted by atomic mass is 19.1. The number of halogens is 1. The Hall–Kier alpha value is -2.97. The van der Waals surface area contributed by atoms with Crippen LogP contribution in [0, 0.1) is 5.82 Å². The number of nitrogens with zero attached hydrogens (tertiary/aromatic N) is 1. The van der Waals surface area contributed by atoms with Gasteiger partial charge in [0.25, 0.3) is 11.8 Å². The van der Waals surface area contributed by atoms with Crippen molar-refractivity contribution in [1.82, 2.24) is 15.5 Å². The summed E-state index contributed by atoms with van der Waals surface area (Å²) in [4.78, 5) is 50.0. The van der Waals surface area contributed by atoms with Gasteiger partial charge in [-0.2, -0.15) is 0 Å². The SMILES string of the molecule is C[C@@H](OC(=O)CN1C(=O)NC2(CCCC2)C1=O)C(=O)N[C@H](C)c1ccc(F)cc1. The summed E-state index contributed by atoms with van der Waals surface area (Å²) in [5.41, 5.74) is -0.204. The lowest BCUT2D eigenvalue weighted by Gasteiger charge is -2.21. The van der Waals surface area contributed by atoms with Crippen molar-refractivity contribution in [3.8, 4) is 0 Å². The number of nitrogens with one attached hydrogen (secondary N) is 2. The van der Waals surface area contributed by atoms with Gasteiger partial charge < -0.3 is 15.4 Å². The molecule has 2 N–H and O–H groups in total. The Morgan fingerprint density at radius 2 is 1.83 bits per heavy atom. The molecular formula is C20H24FN3O5. The lowest BCUT2D eigenvalue weighted by atomic mass is 9.98. The molecule has 0 bridgehead atoms. The first kappa shape index (κ1) is 20.8. The minimum absolute atomic E-state index is 0.380. The number of hydrogen-bond acceptors (Lipinski definition) is 5. The van der Waals surface area contributed by atoms with E-state index in [1.54, 1.807) is 19.1 Å². The number of benzene rings is 1. The van der Waals surface area contributed by atoms with E-state index in [1.807, 2.05) is 0 Å². The van der Waals surface area contributed by atoms with Gasteiger partial charge in [0.2, 0.25) is 0 Å². The van der Waals surface area contributed by atoms with E-state index < -0.39 is 48.0 Å². The normalized spacial score (nSPS) is 19.8. The van der Waals surface area contributed by atoms with Crippen LogP contribution in [-0.4, -0.2) is 46.9 Å². The average Bonchev–Trinajstić information content (AvgIpc) is 3.23. The molecule has 1 aromatic carbocycles. The number of urea groups is 1. The number of ether oxygens (including phenoxy) is 1. The molecule has 1 saturated carbocycles. The Balaban J connectivity index is 1.52. The zero-order valence-electron chi connectivity index (χ0n) is 16.4. The third-order valence-electron chi connectivity index (χ3n) is 5.40. The molecule has 1 heterocycles. The molecule has 1 spiro atoms. The Morgan fingerprint density at radius 1 is 1.21 bits per heavy atom. The molecule has 8 nitrogen and oxygen atoms in total. The third-order valence-corrected chi connectivity index (χ3v) is 5.40. The van der Waals surface area contributed by atoms with E-state index in [2.05, 4.69) is 10.6 Å². The Kier molecular flexibility index (Phi) is 5.86. The molecular weight excluding hydrogens is 381 g/mol. The van der Waals surface area contributed by atoms with Crippen LogP contribution in [0.3, 0.4) is 0 Å².